The van der Waals surface area contributed by atoms with Gasteiger partial charge in [0.1, 0.15) is 0 Å². The van der Waals surface area contributed by atoms with E-state index in [9.17, 15) is 0 Å². The molecule has 17 heavy (non-hydrogen) atoms. The second-order valence-electron chi connectivity index (χ2n) is 4.35. The van der Waals surface area contributed by atoms with Gasteiger partial charge in [0.25, 0.3) is 0 Å². The summed E-state index contributed by atoms with van der Waals surface area (Å²) >= 11 is 6.99. The first-order valence-corrected chi connectivity index (χ1v) is 7.71. The van der Waals surface area contributed by atoms with Crippen LogP contribution >= 0.6 is 31.9 Å². The second-order valence-corrected chi connectivity index (χ2v) is 5.77. The lowest BCUT2D eigenvalue weighted by Crippen LogP contribution is -2.19. The lowest BCUT2D eigenvalue weighted by Gasteiger charge is -2.26. The fraction of sp³-hybridized carbons (Fsp3) is 0.538. The highest BCUT2D eigenvalue weighted by Crippen LogP contribution is 2.38. The molecule has 0 radical (unpaired) electrons. The molecule has 94 valence electrons. The van der Waals surface area contributed by atoms with Gasteiger partial charge in [0.05, 0.1) is 18.2 Å². The summed E-state index contributed by atoms with van der Waals surface area (Å²) in [4.78, 5) is 0. The van der Waals surface area contributed by atoms with Gasteiger partial charge < -0.3 is 9.47 Å². The lowest BCUT2D eigenvalue weighted by atomic mass is 9.86. The number of alkyl halides is 1. The van der Waals surface area contributed by atoms with Gasteiger partial charge in [-0.3, -0.25) is 0 Å². The van der Waals surface area contributed by atoms with Crippen molar-refractivity contribution in [3.63, 3.8) is 0 Å². The third kappa shape index (κ3) is 3.16. The smallest absolute Gasteiger partial charge is 0.175 e. The molecule has 1 aliphatic carbocycles. The Balaban J connectivity index is 2.12. The van der Waals surface area contributed by atoms with Crippen molar-refractivity contribution in [2.75, 3.05) is 13.7 Å². The second kappa shape index (κ2) is 6.10. The number of rotatable bonds is 5. The monoisotopic (exact) mass is 362 g/mol. The predicted molar refractivity (Wildman–Crippen MR) is 76.2 cm³/mol. The van der Waals surface area contributed by atoms with Gasteiger partial charge in [-0.05, 0) is 52.4 Å². The summed E-state index contributed by atoms with van der Waals surface area (Å²) in [5, 5.41) is 0.810. The number of hydrogen-bond donors (Lipinski definition) is 0. The van der Waals surface area contributed by atoms with Crippen LogP contribution in [0.5, 0.6) is 11.5 Å². The molecule has 2 nitrogen and oxygen atoms in total. The minimum absolute atomic E-state index is 0.724. The van der Waals surface area contributed by atoms with Crippen LogP contribution in [-0.4, -0.2) is 13.7 Å². The summed E-state index contributed by atoms with van der Waals surface area (Å²) in [5.41, 5.74) is 1.17. The first-order chi connectivity index (χ1) is 8.24. The Morgan fingerprint density at radius 2 is 2.12 bits per heavy atom. The van der Waals surface area contributed by atoms with Gasteiger partial charge in [-0.2, -0.15) is 0 Å². The van der Waals surface area contributed by atoms with Crippen LogP contribution in [0.4, 0.5) is 0 Å². The summed E-state index contributed by atoms with van der Waals surface area (Å²) < 4.78 is 12.2. The van der Waals surface area contributed by atoms with Gasteiger partial charge in [-0.1, -0.05) is 22.4 Å². The van der Waals surface area contributed by atoms with Crippen molar-refractivity contribution in [3.05, 3.63) is 22.2 Å². The summed E-state index contributed by atoms with van der Waals surface area (Å²) in [6.45, 7) is 0.794. The average Bonchev–Trinajstić information content (AvgIpc) is 2.28. The Labute approximate surface area is 119 Å². The van der Waals surface area contributed by atoms with Gasteiger partial charge >= 0.3 is 0 Å². The molecule has 0 aliphatic heterocycles. The molecule has 1 aromatic rings. The molecule has 0 atom stereocenters. The van der Waals surface area contributed by atoms with E-state index in [-0.39, 0.29) is 0 Å². The van der Waals surface area contributed by atoms with Crippen molar-refractivity contribution in [1.82, 2.24) is 0 Å². The maximum Gasteiger partial charge on any atom is 0.175 e. The molecular weight excluding hydrogens is 348 g/mol. The third-order valence-electron chi connectivity index (χ3n) is 3.13. The van der Waals surface area contributed by atoms with Crippen molar-refractivity contribution >= 4 is 31.9 Å². The zero-order valence-electron chi connectivity index (χ0n) is 9.84. The van der Waals surface area contributed by atoms with Crippen LogP contribution in [0.1, 0.15) is 24.8 Å². The van der Waals surface area contributed by atoms with Crippen molar-refractivity contribution < 1.29 is 9.47 Å². The van der Waals surface area contributed by atoms with Crippen LogP contribution in [0, 0.1) is 5.92 Å². The average molecular weight is 364 g/mol. The van der Waals surface area contributed by atoms with E-state index in [1.165, 1.54) is 24.8 Å². The Morgan fingerprint density at radius 1 is 1.35 bits per heavy atom. The van der Waals surface area contributed by atoms with Crippen molar-refractivity contribution in [2.45, 2.75) is 24.6 Å². The van der Waals surface area contributed by atoms with Crippen LogP contribution < -0.4 is 9.47 Å². The van der Waals surface area contributed by atoms with Crippen LogP contribution in [0.2, 0.25) is 0 Å². The minimum Gasteiger partial charge on any atom is -0.493 e. The first-order valence-electron chi connectivity index (χ1n) is 5.79. The highest BCUT2D eigenvalue weighted by atomic mass is 79.9. The maximum absolute atomic E-state index is 5.88. The third-order valence-corrected chi connectivity index (χ3v) is 4.37. The topological polar surface area (TPSA) is 18.5 Å². The number of benzene rings is 1. The fourth-order valence-electron chi connectivity index (χ4n) is 1.85. The van der Waals surface area contributed by atoms with Crippen molar-refractivity contribution in [2.24, 2.45) is 5.92 Å². The van der Waals surface area contributed by atoms with E-state index in [1.807, 2.05) is 6.07 Å². The normalized spacial score (nSPS) is 15.5. The Hall–Kier alpha value is -0.220. The van der Waals surface area contributed by atoms with Crippen LogP contribution in [0.3, 0.4) is 0 Å². The molecule has 0 spiro atoms. The first kappa shape index (κ1) is 13.2. The molecule has 0 unspecified atom stereocenters. The van der Waals surface area contributed by atoms with E-state index in [1.54, 1.807) is 7.11 Å². The van der Waals surface area contributed by atoms with Gasteiger partial charge in [0.15, 0.2) is 11.5 Å². The molecule has 0 N–H and O–H groups in total. The number of halogens is 2. The molecule has 1 fully saturated rings. The molecule has 0 amide bonds. The van der Waals surface area contributed by atoms with Crippen molar-refractivity contribution in [3.8, 4) is 11.5 Å². The maximum atomic E-state index is 5.88. The number of hydrogen-bond acceptors (Lipinski definition) is 2. The van der Waals surface area contributed by atoms with Gasteiger partial charge in [-0.15, -0.1) is 0 Å². The van der Waals surface area contributed by atoms with E-state index < -0.39 is 0 Å². The van der Waals surface area contributed by atoms with Crippen LogP contribution in [-0.2, 0) is 5.33 Å². The zero-order chi connectivity index (χ0) is 12.3. The summed E-state index contributed by atoms with van der Waals surface area (Å²) in [6.07, 6.45) is 3.92. The van der Waals surface area contributed by atoms with Gasteiger partial charge in [0.2, 0.25) is 0 Å². The summed E-state index contributed by atoms with van der Waals surface area (Å²) in [6, 6.07) is 4.07. The largest absolute Gasteiger partial charge is 0.493 e. The van der Waals surface area contributed by atoms with E-state index >= 15 is 0 Å². The quantitative estimate of drug-likeness (QED) is 0.715. The van der Waals surface area contributed by atoms with E-state index in [2.05, 4.69) is 37.9 Å². The zero-order valence-corrected chi connectivity index (χ0v) is 13.0. The molecule has 0 aromatic heterocycles. The number of methoxy groups -OCH3 is 1. The van der Waals surface area contributed by atoms with Gasteiger partial charge in [-0.25, -0.2) is 0 Å². The molecule has 4 heteroatoms. The molecule has 1 saturated carbocycles. The van der Waals surface area contributed by atoms with Crippen LogP contribution in [0.15, 0.2) is 16.6 Å². The lowest BCUT2D eigenvalue weighted by molar-refractivity contribution is 0.175. The highest BCUT2D eigenvalue weighted by molar-refractivity contribution is 9.10. The van der Waals surface area contributed by atoms with Crippen molar-refractivity contribution in [1.29, 1.82) is 0 Å². The molecule has 0 bridgehead atoms. The molecule has 1 aromatic carbocycles. The Kier molecular flexibility index (Phi) is 4.74. The van der Waals surface area contributed by atoms with E-state index in [0.29, 0.717) is 0 Å². The Morgan fingerprint density at radius 3 is 2.65 bits per heavy atom. The summed E-state index contributed by atoms with van der Waals surface area (Å²) in [5.74, 6) is 2.35. The molecule has 1 aliphatic rings. The molecule has 2 rings (SSSR count). The number of ether oxygens (including phenoxy) is 2. The molecule has 0 heterocycles. The standard InChI is InChI=1S/C13H16Br2O2/c1-16-12-6-10(7-14)5-11(15)13(12)17-8-9-3-2-4-9/h5-6,9H,2-4,7-8H2,1H3. The minimum atomic E-state index is 0.724. The van der Waals surface area contributed by atoms with Crippen LogP contribution in [0.25, 0.3) is 0 Å². The SMILES string of the molecule is COc1cc(CBr)cc(Br)c1OCC1CCC1. The van der Waals surface area contributed by atoms with E-state index in [4.69, 9.17) is 9.47 Å². The van der Waals surface area contributed by atoms with E-state index in [0.717, 1.165) is 33.8 Å². The predicted octanol–water partition coefficient (Wildman–Crippen LogP) is 4.53. The fourth-order valence-corrected chi connectivity index (χ4v) is 2.78. The van der Waals surface area contributed by atoms with Gasteiger partial charge in [0, 0.05) is 5.33 Å². The Bertz CT molecular complexity index is 389. The molecular formula is C13H16Br2O2. The summed E-state index contributed by atoms with van der Waals surface area (Å²) in [7, 11) is 1.68. The highest BCUT2D eigenvalue weighted by Gasteiger charge is 2.20. The molecule has 0 saturated heterocycles.